The van der Waals surface area contributed by atoms with Gasteiger partial charge in [-0.25, -0.2) is 0 Å². The van der Waals surface area contributed by atoms with Crippen LogP contribution in [0, 0.1) is 11.8 Å². The number of ether oxygens (including phenoxy) is 3. The molecular formula is C31H33NO9. The Balaban J connectivity index is 1.77. The number of fused-ring (bicyclic) bond motifs is 4. The summed E-state index contributed by atoms with van der Waals surface area (Å²) in [6, 6.07) is 1.51. The lowest BCUT2D eigenvalue weighted by molar-refractivity contribution is -0.145. The Bertz CT molecular complexity index is 1650. The highest BCUT2D eigenvalue weighted by molar-refractivity contribution is 6.33. The van der Waals surface area contributed by atoms with E-state index in [2.05, 4.69) is 19.9 Å². The summed E-state index contributed by atoms with van der Waals surface area (Å²) in [5, 5.41) is 34.9. The molecule has 4 aliphatic rings. The first-order valence-corrected chi connectivity index (χ1v) is 13.6. The average Bonchev–Trinajstić information content (AvgIpc) is 3.28. The highest BCUT2D eigenvalue weighted by atomic mass is 16.5. The van der Waals surface area contributed by atoms with Crippen LogP contribution in [0.3, 0.4) is 0 Å². The summed E-state index contributed by atoms with van der Waals surface area (Å²) in [5.74, 6) is -4.92. The van der Waals surface area contributed by atoms with Crippen LogP contribution in [0.5, 0.6) is 17.2 Å². The largest absolute Gasteiger partial charge is 0.511 e. The Morgan fingerprint density at radius 2 is 1.80 bits per heavy atom. The van der Waals surface area contributed by atoms with Gasteiger partial charge in [0.1, 0.15) is 28.6 Å². The zero-order chi connectivity index (χ0) is 29.8. The molecule has 0 radical (unpaired) electrons. The second-order valence-electron chi connectivity index (χ2n) is 11.6. The molecular weight excluding hydrogens is 530 g/mol. The minimum Gasteiger partial charge on any atom is -0.511 e. The number of rotatable bonds is 4. The molecule has 1 spiro atoms. The number of aliphatic hydroxyl groups excluding tert-OH is 1. The summed E-state index contributed by atoms with van der Waals surface area (Å²) in [6.45, 7) is 4.25. The quantitative estimate of drug-likeness (QED) is 0.248. The molecule has 1 amide bonds. The van der Waals surface area contributed by atoms with E-state index in [1.165, 1.54) is 20.3 Å². The Morgan fingerprint density at radius 3 is 2.39 bits per heavy atom. The minimum absolute atomic E-state index is 0.0200. The van der Waals surface area contributed by atoms with Crippen LogP contribution in [0.25, 0.3) is 10.8 Å². The fourth-order valence-corrected chi connectivity index (χ4v) is 8.21. The van der Waals surface area contributed by atoms with Gasteiger partial charge >= 0.3 is 0 Å². The topological polar surface area (TPSA) is 166 Å². The molecule has 0 saturated carbocycles. The molecule has 0 fully saturated rings. The number of carbonyl (C=O) groups excluding carboxylic acids is 3. The van der Waals surface area contributed by atoms with E-state index in [4.69, 9.17) is 19.9 Å². The molecule has 2 aromatic carbocycles. The molecule has 10 heteroatoms. The van der Waals surface area contributed by atoms with Crippen LogP contribution in [0.2, 0.25) is 0 Å². The number of Topliss-reactive ketones (excluding diaryl/α,β-unsaturated/α-hetero) is 2. The van der Waals surface area contributed by atoms with Crippen LogP contribution >= 0.6 is 0 Å². The van der Waals surface area contributed by atoms with Gasteiger partial charge in [0.2, 0.25) is 11.6 Å². The third-order valence-corrected chi connectivity index (χ3v) is 10.1. The van der Waals surface area contributed by atoms with E-state index in [0.717, 1.165) is 29.5 Å². The lowest BCUT2D eigenvalue weighted by atomic mass is 9.60. The molecule has 5 N–H and O–H groups in total. The van der Waals surface area contributed by atoms with E-state index in [1.54, 1.807) is 7.11 Å². The number of allylic oxidation sites excluding steroid dienone is 3. The second kappa shape index (κ2) is 8.80. The Kier molecular flexibility index (Phi) is 5.86. The zero-order valence-electron chi connectivity index (χ0n) is 23.6. The molecule has 5 atom stereocenters. The van der Waals surface area contributed by atoms with Crippen molar-refractivity contribution in [3.05, 3.63) is 51.3 Å². The number of aromatic hydroxyl groups is 1. The number of phenolic OH excluding ortho intramolecular Hbond substituents is 1. The van der Waals surface area contributed by atoms with Crippen molar-refractivity contribution in [2.24, 2.45) is 17.6 Å². The number of hydrogen-bond acceptors (Lipinski definition) is 9. The van der Waals surface area contributed by atoms with Gasteiger partial charge in [-0.2, -0.15) is 0 Å². The number of methoxy groups -OCH3 is 3. The molecule has 0 heterocycles. The van der Waals surface area contributed by atoms with Crippen LogP contribution < -0.4 is 15.2 Å². The van der Waals surface area contributed by atoms with Crippen molar-refractivity contribution in [2.75, 3.05) is 21.3 Å². The molecule has 216 valence electrons. The molecule has 2 aromatic rings. The average molecular weight is 564 g/mol. The van der Waals surface area contributed by atoms with Crippen molar-refractivity contribution in [3.63, 3.8) is 0 Å². The first kappa shape index (κ1) is 27.3. The Hall–Kier alpha value is -3.89. The van der Waals surface area contributed by atoms with E-state index >= 15 is 0 Å². The third kappa shape index (κ3) is 3.06. The van der Waals surface area contributed by atoms with E-state index in [1.807, 2.05) is 0 Å². The van der Waals surface area contributed by atoms with Gasteiger partial charge in [0.25, 0.3) is 5.91 Å². The Labute approximate surface area is 236 Å². The van der Waals surface area contributed by atoms with Gasteiger partial charge in [-0.3, -0.25) is 14.4 Å². The molecule has 41 heavy (non-hydrogen) atoms. The van der Waals surface area contributed by atoms with Crippen molar-refractivity contribution >= 4 is 28.2 Å². The van der Waals surface area contributed by atoms with Gasteiger partial charge in [0.15, 0.2) is 5.60 Å². The lowest BCUT2D eigenvalue weighted by Gasteiger charge is -2.46. The molecule has 1 unspecified atom stereocenters. The number of primary amides is 1. The molecule has 6 rings (SSSR count). The van der Waals surface area contributed by atoms with Crippen LogP contribution in [-0.2, 0) is 26.2 Å². The van der Waals surface area contributed by atoms with E-state index in [-0.39, 0.29) is 34.8 Å². The van der Waals surface area contributed by atoms with Crippen LogP contribution in [-0.4, -0.2) is 59.7 Å². The number of hydrogen-bond donors (Lipinski definition) is 4. The van der Waals surface area contributed by atoms with Crippen LogP contribution in [0.4, 0.5) is 0 Å². The SMILES string of the molecule is COc1cc(O)c2c(OC)c3c(c4c2c1[C@]1(C4)C(C)=CCCC1C)[C@@H](OC)[C@H]1CC(O)=C(C(N)=O)C(=O)[C@@]1(O)C3=O. The van der Waals surface area contributed by atoms with Crippen LogP contribution in [0.15, 0.2) is 29.0 Å². The van der Waals surface area contributed by atoms with Crippen molar-refractivity contribution < 1.29 is 43.9 Å². The smallest absolute Gasteiger partial charge is 0.255 e. The predicted molar refractivity (Wildman–Crippen MR) is 147 cm³/mol. The predicted octanol–water partition coefficient (Wildman–Crippen LogP) is 3.23. The van der Waals surface area contributed by atoms with Crippen molar-refractivity contribution in [1.82, 2.24) is 0 Å². The molecule has 0 aliphatic heterocycles. The normalized spacial score (nSPS) is 30.4. The molecule has 10 nitrogen and oxygen atoms in total. The van der Waals surface area contributed by atoms with Crippen LogP contribution in [0.1, 0.15) is 66.3 Å². The van der Waals surface area contributed by atoms with Crippen molar-refractivity contribution in [3.8, 4) is 17.2 Å². The van der Waals surface area contributed by atoms with E-state index in [9.17, 15) is 29.7 Å². The van der Waals surface area contributed by atoms with E-state index < -0.39 is 51.8 Å². The molecule has 0 bridgehead atoms. The van der Waals surface area contributed by atoms with Crippen molar-refractivity contribution in [2.45, 2.75) is 56.7 Å². The summed E-state index contributed by atoms with van der Waals surface area (Å²) in [5.41, 5.74) is 4.34. The van der Waals surface area contributed by atoms with Crippen molar-refractivity contribution in [1.29, 1.82) is 0 Å². The number of nitrogens with two attached hydrogens (primary N) is 1. The highest BCUT2D eigenvalue weighted by Crippen LogP contribution is 2.63. The number of phenols is 1. The summed E-state index contributed by atoms with van der Waals surface area (Å²) >= 11 is 0. The fraction of sp³-hybridized carbons (Fsp3) is 0.452. The standard InChI is InChI=1S/C31H33NO9/c1-12-7-6-8-13(2)30(12)11-14-19-21(17(34)10-18(39-3)24(19)30)26(41-5)23-20(14)25(40-4)15-9-16(33)22(29(32)37)27(35)31(15,38)28(23)36/h7,10,13,15,25,33-34,38H,6,8-9,11H2,1-5H3,(H2,32,37)/t13?,15-,25+,30-,31-/m1/s1. The summed E-state index contributed by atoms with van der Waals surface area (Å²) < 4.78 is 17.6. The first-order chi connectivity index (χ1) is 19.4. The maximum atomic E-state index is 14.4. The van der Waals surface area contributed by atoms with Gasteiger partial charge < -0.3 is 35.3 Å². The fourth-order valence-electron chi connectivity index (χ4n) is 8.21. The van der Waals surface area contributed by atoms with Gasteiger partial charge in [-0.1, -0.05) is 18.6 Å². The number of carbonyl (C=O) groups is 3. The Morgan fingerprint density at radius 1 is 1.10 bits per heavy atom. The maximum absolute atomic E-state index is 14.4. The summed E-state index contributed by atoms with van der Waals surface area (Å²) in [4.78, 5) is 40.0. The van der Waals surface area contributed by atoms with Gasteiger partial charge in [0.05, 0.1) is 31.3 Å². The lowest BCUT2D eigenvalue weighted by Crippen LogP contribution is -2.61. The van der Waals surface area contributed by atoms with E-state index in [0.29, 0.717) is 23.1 Å². The second-order valence-corrected chi connectivity index (χ2v) is 11.6. The summed E-state index contributed by atoms with van der Waals surface area (Å²) in [7, 11) is 4.28. The number of ketones is 2. The highest BCUT2D eigenvalue weighted by Gasteiger charge is 2.64. The number of amides is 1. The molecule has 0 aromatic heterocycles. The molecule has 0 saturated heterocycles. The monoisotopic (exact) mass is 563 g/mol. The first-order valence-electron chi connectivity index (χ1n) is 13.6. The zero-order valence-corrected chi connectivity index (χ0v) is 23.6. The van der Waals surface area contributed by atoms with Gasteiger partial charge in [-0.15, -0.1) is 0 Å². The minimum atomic E-state index is -2.76. The number of aliphatic hydroxyl groups is 2. The maximum Gasteiger partial charge on any atom is 0.255 e. The van der Waals surface area contributed by atoms with Gasteiger partial charge in [0, 0.05) is 41.9 Å². The van der Waals surface area contributed by atoms with Gasteiger partial charge in [-0.05, 0) is 43.2 Å². The number of benzene rings is 2. The molecule has 4 aliphatic carbocycles. The third-order valence-electron chi connectivity index (χ3n) is 10.1. The summed E-state index contributed by atoms with van der Waals surface area (Å²) in [6.07, 6.45) is 3.05.